The van der Waals surface area contributed by atoms with E-state index in [0.717, 1.165) is 0 Å². The summed E-state index contributed by atoms with van der Waals surface area (Å²) in [4.78, 5) is 19.9. The van der Waals surface area contributed by atoms with Crippen LogP contribution in [-0.4, -0.2) is 17.0 Å². The highest BCUT2D eigenvalue weighted by atomic mass is 32.1. The number of thiol groups is 1. The van der Waals surface area contributed by atoms with Gasteiger partial charge in [0.15, 0.2) is 0 Å². The highest BCUT2D eigenvalue weighted by Crippen LogP contribution is 1.93. The average molecular weight is 150 g/mol. The van der Waals surface area contributed by atoms with Gasteiger partial charge in [-0.15, -0.1) is 0 Å². The second-order valence-electron chi connectivity index (χ2n) is 1.36. The van der Waals surface area contributed by atoms with E-state index in [1.807, 2.05) is 0 Å². The summed E-state index contributed by atoms with van der Waals surface area (Å²) in [7, 11) is 0. The van der Waals surface area contributed by atoms with E-state index in [0.29, 0.717) is 0 Å². The van der Waals surface area contributed by atoms with E-state index >= 15 is 0 Å². The Bertz CT molecular complexity index is 122. The average Bonchev–Trinajstić information content (AvgIpc) is 1.83. The van der Waals surface area contributed by atoms with Crippen molar-refractivity contribution >= 4 is 24.8 Å². The van der Waals surface area contributed by atoms with Gasteiger partial charge in [0.2, 0.25) is 0 Å². The van der Waals surface area contributed by atoms with Gasteiger partial charge in [0.05, 0.1) is 12.8 Å². The molecule has 0 aliphatic carbocycles. The number of rotatable bonds is 3. The molecule has 0 fully saturated rings. The summed E-state index contributed by atoms with van der Waals surface area (Å²) in [5.74, 6) is -1.64. The first-order valence-electron chi connectivity index (χ1n) is 2.23. The topological polar surface area (TPSA) is 63.6 Å². The molecule has 0 heterocycles. The molecule has 0 amide bonds. The molecule has 0 unspecified atom stereocenters. The number of aliphatic carboxylic acids is 1. The maximum Gasteiger partial charge on any atom is 0.318 e. The van der Waals surface area contributed by atoms with Crippen molar-refractivity contribution in [3.8, 4) is 0 Å². The van der Waals surface area contributed by atoms with E-state index < -0.39 is 11.9 Å². The predicted molar refractivity (Wildman–Crippen MR) is 31.9 cm³/mol. The summed E-state index contributed by atoms with van der Waals surface area (Å²) in [5, 5.41) is 8.03. The maximum atomic E-state index is 10.2. The number of carbonyl (C=O) groups is 2. The molecule has 0 atom stereocenters. The summed E-state index contributed by atoms with van der Waals surface area (Å²) in [6, 6.07) is 0. The molecule has 5 heteroatoms. The summed E-state index contributed by atoms with van der Waals surface area (Å²) in [6.45, 7) is 0. The van der Waals surface area contributed by atoms with Crippen LogP contribution in [0.3, 0.4) is 0 Å². The van der Waals surface area contributed by atoms with Crippen LogP contribution in [0.15, 0.2) is 0 Å². The van der Waals surface area contributed by atoms with Crippen molar-refractivity contribution in [2.45, 2.75) is 12.8 Å². The highest BCUT2D eigenvalue weighted by molar-refractivity contribution is 7.75. The molecule has 1 N–H and O–H groups in total. The van der Waals surface area contributed by atoms with Gasteiger partial charge in [0.25, 0.3) is 0 Å². The van der Waals surface area contributed by atoms with Crippen LogP contribution in [0.5, 0.6) is 0 Å². The van der Waals surface area contributed by atoms with Gasteiger partial charge in [0.1, 0.15) is 0 Å². The smallest absolute Gasteiger partial charge is 0.318 e. The largest absolute Gasteiger partial charge is 0.481 e. The Morgan fingerprint density at radius 3 is 2.33 bits per heavy atom. The van der Waals surface area contributed by atoms with Crippen molar-refractivity contribution in [1.82, 2.24) is 0 Å². The van der Waals surface area contributed by atoms with E-state index in [1.54, 1.807) is 0 Å². The molecule has 0 radical (unpaired) electrons. The van der Waals surface area contributed by atoms with Gasteiger partial charge in [0, 0.05) is 12.9 Å². The first-order valence-corrected chi connectivity index (χ1v) is 2.59. The summed E-state index contributed by atoms with van der Waals surface area (Å²) >= 11 is 3.18. The van der Waals surface area contributed by atoms with E-state index in [2.05, 4.69) is 17.1 Å². The fraction of sp³-hybridized carbons (Fsp3) is 0.500. The zero-order valence-corrected chi connectivity index (χ0v) is 5.43. The number of hydrogen-bond donors (Lipinski definition) is 2. The van der Waals surface area contributed by atoms with Crippen LogP contribution in [0.4, 0.5) is 0 Å². The summed E-state index contributed by atoms with van der Waals surface area (Å²) < 4.78 is 3.89. The van der Waals surface area contributed by atoms with Crippen LogP contribution in [0.25, 0.3) is 0 Å². The third kappa shape index (κ3) is 5.16. The number of carbonyl (C=O) groups excluding carboxylic acids is 1. The maximum absolute atomic E-state index is 10.2. The monoisotopic (exact) mass is 150 g/mol. The molecule has 0 aliphatic rings. The standard InChI is InChI=1S/C4H6O4S/c5-3(6)1-2-4(7)8-9/h9H,1-2H2,(H,5,6). The molecule has 0 rings (SSSR count). The SMILES string of the molecule is O=C(O)CCC(=O)OS. The number of hydrogen-bond acceptors (Lipinski definition) is 4. The van der Waals surface area contributed by atoms with Crippen molar-refractivity contribution in [1.29, 1.82) is 0 Å². The van der Waals surface area contributed by atoms with Crippen LogP contribution >= 0.6 is 12.9 Å². The summed E-state index contributed by atoms with van der Waals surface area (Å²) in [5.41, 5.74) is 0. The Balaban J connectivity index is 3.28. The van der Waals surface area contributed by atoms with Crippen LogP contribution in [-0.2, 0) is 13.8 Å². The van der Waals surface area contributed by atoms with Crippen LogP contribution in [0.2, 0.25) is 0 Å². The first-order chi connectivity index (χ1) is 4.16. The lowest BCUT2D eigenvalue weighted by molar-refractivity contribution is -0.141. The molecule has 0 aliphatic heterocycles. The van der Waals surface area contributed by atoms with Crippen molar-refractivity contribution in [3.63, 3.8) is 0 Å². The molecule has 0 aromatic heterocycles. The lowest BCUT2D eigenvalue weighted by Gasteiger charge is -1.91. The van der Waals surface area contributed by atoms with Crippen LogP contribution in [0, 0.1) is 0 Å². The van der Waals surface area contributed by atoms with E-state index in [1.165, 1.54) is 0 Å². The Labute approximate surface area is 57.4 Å². The summed E-state index contributed by atoms with van der Waals surface area (Å²) in [6.07, 6.45) is -0.335. The third-order valence-electron chi connectivity index (χ3n) is 0.645. The quantitative estimate of drug-likeness (QED) is 0.447. The minimum Gasteiger partial charge on any atom is -0.481 e. The molecular weight excluding hydrogens is 144 g/mol. The van der Waals surface area contributed by atoms with Crippen molar-refractivity contribution in [3.05, 3.63) is 0 Å². The zero-order chi connectivity index (χ0) is 7.28. The Morgan fingerprint density at radius 2 is 2.00 bits per heavy atom. The molecule has 4 nitrogen and oxygen atoms in total. The molecule has 0 aromatic carbocycles. The van der Waals surface area contributed by atoms with Crippen molar-refractivity contribution in [2.24, 2.45) is 0 Å². The van der Waals surface area contributed by atoms with Crippen molar-refractivity contribution < 1.29 is 18.9 Å². The molecule has 0 saturated heterocycles. The minimum absolute atomic E-state index is 0.126. The lowest BCUT2D eigenvalue weighted by atomic mass is 10.3. The fourth-order valence-corrected chi connectivity index (χ4v) is 0.346. The van der Waals surface area contributed by atoms with Gasteiger partial charge >= 0.3 is 11.9 Å². The Morgan fingerprint density at radius 1 is 1.44 bits per heavy atom. The fourth-order valence-electron chi connectivity index (χ4n) is 0.255. The van der Waals surface area contributed by atoms with Gasteiger partial charge in [-0.2, -0.15) is 0 Å². The van der Waals surface area contributed by atoms with Crippen LogP contribution in [0.1, 0.15) is 12.8 Å². The Kier molecular flexibility index (Phi) is 3.87. The van der Waals surface area contributed by atoms with Crippen molar-refractivity contribution in [2.75, 3.05) is 0 Å². The normalized spacial score (nSPS) is 8.56. The van der Waals surface area contributed by atoms with Gasteiger partial charge in [-0.1, -0.05) is 0 Å². The zero-order valence-electron chi connectivity index (χ0n) is 4.53. The lowest BCUT2D eigenvalue weighted by Crippen LogP contribution is -2.02. The molecule has 0 aromatic rings. The minimum atomic E-state index is -1.02. The molecule has 9 heavy (non-hydrogen) atoms. The molecular formula is C4H6O4S. The first kappa shape index (κ1) is 8.29. The number of carboxylic acids is 1. The molecule has 0 bridgehead atoms. The second-order valence-corrected chi connectivity index (χ2v) is 1.54. The van der Waals surface area contributed by atoms with Gasteiger partial charge in [-0.25, -0.2) is 0 Å². The van der Waals surface area contributed by atoms with E-state index in [-0.39, 0.29) is 12.8 Å². The van der Waals surface area contributed by atoms with E-state index in [4.69, 9.17) is 5.11 Å². The highest BCUT2D eigenvalue weighted by Gasteiger charge is 2.03. The van der Waals surface area contributed by atoms with Crippen LogP contribution < -0.4 is 0 Å². The van der Waals surface area contributed by atoms with Gasteiger partial charge < -0.3 is 9.29 Å². The second kappa shape index (κ2) is 4.20. The third-order valence-corrected chi connectivity index (χ3v) is 0.848. The molecule has 52 valence electrons. The van der Waals surface area contributed by atoms with Gasteiger partial charge in [-0.3, -0.25) is 9.59 Å². The Hall–Kier alpha value is -0.710. The molecule has 0 saturated carbocycles. The number of carboxylic acid groups (broad SMARTS) is 1. The van der Waals surface area contributed by atoms with Gasteiger partial charge in [-0.05, 0) is 0 Å². The van der Waals surface area contributed by atoms with E-state index in [9.17, 15) is 9.59 Å². The predicted octanol–water partition coefficient (Wildman–Crippen LogP) is 0.239. The molecule has 0 spiro atoms.